The molecule has 0 aliphatic carbocycles. The van der Waals surface area contributed by atoms with Crippen molar-refractivity contribution in [2.24, 2.45) is 5.10 Å². The van der Waals surface area contributed by atoms with Gasteiger partial charge in [-0.05, 0) is 19.1 Å². The predicted molar refractivity (Wildman–Crippen MR) is 100 cm³/mol. The lowest BCUT2D eigenvalue weighted by Crippen LogP contribution is -2.07. The minimum absolute atomic E-state index is 0.117. The second kappa shape index (κ2) is 9.24. The Kier molecular flexibility index (Phi) is 7.32. The first-order chi connectivity index (χ1) is 11.5. The third-order valence-electron chi connectivity index (χ3n) is 2.90. The van der Waals surface area contributed by atoms with Crippen LogP contribution in [0.2, 0.25) is 0 Å². The van der Waals surface area contributed by atoms with E-state index in [2.05, 4.69) is 47.4 Å². The Hall–Kier alpha value is -1.32. The number of halogens is 3. The number of anilines is 1. The average Bonchev–Trinajstić information content (AvgIpc) is 2.97. The minimum atomic E-state index is -0.339. The van der Waals surface area contributed by atoms with E-state index in [1.165, 1.54) is 17.6 Å². The van der Waals surface area contributed by atoms with Gasteiger partial charge in [-0.2, -0.15) is 5.10 Å². The van der Waals surface area contributed by atoms with Gasteiger partial charge in [-0.3, -0.25) is 10.2 Å². The van der Waals surface area contributed by atoms with E-state index in [0.29, 0.717) is 38.4 Å². The van der Waals surface area contributed by atoms with Gasteiger partial charge in [0, 0.05) is 26.3 Å². The molecule has 0 fully saturated rings. The maximum absolute atomic E-state index is 14.2. The molecular weight excluding hydrogens is 465 g/mol. The normalized spacial score (nSPS) is 11.0. The largest absolute Gasteiger partial charge is 0.466 e. The molecule has 1 N–H and O–H groups in total. The molecular formula is C15H14Br2FN3O2S. The number of thiazole rings is 1. The van der Waals surface area contributed by atoms with E-state index in [-0.39, 0.29) is 18.2 Å². The number of hydrazone groups is 1. The third kappa shape index (κ3) is 5.09. The Bertz CT molecular complexity index is 752. The summed E-state index contributed by atoms with van der Waals surface area (Å²) < 4.78 is 19.8. The van der Waals surface area contributed by atoms with Crippen LogP contribution in [0.1, 0.15) is 23.7 Å². The van der Waals surface area contributed by atoms with Crippen LogP contribution in [0.3, 0.4) is 0 Å². The van der Waals surface area contributed by atoms with Gasteiger partial charge >= 0.3 is 5.97 Å². The van der Waals surface area contributed by atoms with Crippen molar-refractivity contribution >= 4 is 60.5 Å². The van der Waals surface area contributed by atoms with Crippen LogP contribution in [-0.4, -0.2) is 23.8 Å². The molecule has 0 unspecified atom stereocenters. The van der Waals surface area contributed by atoms with Crippen molar-refractivity contribution in [2.75, 3.05) is 12.0 Å². The van der Waals surface area contributed by atoms with Gasteiger partial charge in [-0.15, -0.1) is 11.3 Å². The van der Waals surface area contributed by atoms with Crippen LogP contribution in [0.5, 0.6) is 0 Å². The number of aromatic nitrogens is 1. The monoisotopic (exact) mass is 477 g/mol. The maximum Gasteiger partial charge on any atom is 0.311 e. The minimum Gasteiger partial charge on any atom is -0.466 e. The number of benzene rings is 1. The zero-order valence-electron chi connectivity index (χ0n) is 12.7. The Morgan fingerprint density at radius 3 is 3.04 bits per heavy atom. The molecule has 0 saturated carbocycles. The van der Waals surface area contributed by atoms with Gasteiger partial charge in [-0.25, -0.2) is 9.37 Å². The quantitative estimate of drug-likeness (QED) is 0.275. The number of ether oxygens (including phenoxy) is 1. The topological polar surface area (TPSA) is 63.6 Å². The number of hydrogen-bond donors (Lipinski definition) is 1. The van der Waals surface area contributed by atoms with Crippen LogP contribution in [-0.2, 0) is 21.3 Å². The van der Waals surface area contributed by atoms with Gasteiger partial charge in [0.05, 0.1) is 24.9 Å². The number of rotatable bonds is 7. The summed E-state index contributed by atoms with van der Waals surface area (Å²) in [6.45, 7) is 2.09. The number of hydrogen-bond acceptors (Lipinski definition) is 6. The van der Waals surface area contributed by atoms with Gasteiger partial charge in [-0.1, -0.05) is 31.9 Å². The van der Waals surface area contributed by atoms with Crippen molar-refractivity contribution < 1.29 is 13.9 Å². The smallest absolute Gasteiger partial charge is 0.311 e. The van der Waals surface area contributed by atoms with Crippen molar-refractivity contribution in [3.63, 3.8) is 0 Å². The van der Waals surface area contributed by atoms with Gasteiger partial charge < -0.3 is 4.74 Å². The Morgan fingerprint density at radius 1 is 1.54 bits per heavy atom. The molecule has 1 aromatic carbocycles. The molecule has 5 nitrogen and oxygen atoms in total. The van der Waals surface area contributed by atoms with Crippen molar-refractivity contribution in [3.8, 4) is 0 Å². The zero-order chi connectivity index (χ0) is 17.5. The Labute approximate surface area is 159 Å². The van der Waals surface area contributed by atoms with Crippen LogP contribution >= 0.6 is 43.2 Å². The second-order valence-electron chi connectivity index (χ2n) is 4.56. The second-order valence-corrected chi connectivity index (χ2v) is 6.83. The van der Waals surface area contributed by atoms with E-state index in [1.54, 1.807) is 24.4 Å². The van der Waals surface area contributed by atoms with Crippen LogP contribution in [0, 0.1) is 5.82 Å². The first-order valence-corrected chi connectivity index (χ1v) is 9.76. The van der Waals surface area contributed by atoms with Gasteiger partial charge in [0.1, 0.15) is 5.82 Å². The van der Waals surface area contributed by atoms with E-state index >= 15 is 0 Å². The first-order valence-electron chi connectivity index (χ1n) is 6.97. The lowest BCUT2D eigenvalue weighted by atomic mass is 10.1. The van der Waals surface area contributed by atoms with Crippen molar-refractivity contribution in [3.05, 3.63) is 44.6 Å². The molecule has 0 aliphatic heterocycles. The molecule has 0 amide bonds. The molecule has 2 aromatic rings. The lowest BCUT2D eigenvalue weighted by molar-refractivity contribution is -0.142. The SMILES string of the molecule is CCOC(=O)Cc1csc(NN=Cc2ccc(Br)c(CBr)c2F)n1. The molecule has 128 valence electrons. The summed E-state index contributed by atoms with van der Waals surface area (Å²) in [5.41, 5.74) is 4.23. The summed E-state index contributed by atoms with van der Waals surface area (Å²) in [7, 11) is 0. The molecule has 9 heteroatoms. The molecule has 0 atom stereocenters. The van der Waals surface area contributed by atoms with Crippen molar-refractivity contribution in [1.82, 2.24) is 4.98 Å². The highest BCUT2D eigenvalue weighted by atomic mass is 79.9. The average molecular weight is 479 g/mol. The van der Waals surface area contributed by atoms with Crippen molar-refractivity contribution in [2.45, 2.75) is 18.7 Å². The van der Waals surface area contributed by atoms with E-state index in [0.717, 1.165) is 0 Å². The Morgan fingerprint density at radius 2 is 2.33 bits per heavy atom. The maximum atomic E-state index is 14.2. The highest BCUT2D eigenvalue weighted by Gasteiger charge is 2.10. The third-order valence-corrected chi connectivity index (χ3v) is 5.00. The number of carbonyl (C=O) groups excluding carboxylic acids is 1. The van der Waals surface area contributed by atoms with Crippen LogP contribution in [0.25, 0.3) is 0 Å². The van der Waals surface area contributed by atoms with Gasteiger partial charge in [0.2, 0.25) is 5.13 Å². The van der Waals surface area contributed by atoms with Crippen LogP contribution < -0.4 is 5.43 Å². The lowest BCUT2D eigenvalue weighted by Gasteiger charge is -2.04. The fourth-order valence-electron chi connectivity index (χ4n) is 1.79. The van der Waals surface area contributed by atoms with E-state index < -0.39 is 0 Å². The molecule has 0 radical (unpaired) electrons. The first kappa shape index (κ1) is 19.0. The summed E-state index contributed by atoms with van der Waals surface area (Å²) in [5.74, 6) is -0.661. The molecule has 0 bridgehead atoms. The van der Waals surface area contributed by atoms with E-state index in [1.807, 2.05) is 0 Å². The van der Waals surface area contributed by atoms with Crippen molar-refractivity contribution in [1.29, 1.82) is 0 Å². The summed E-state index contributed by atoms with van der Waals surface area (Å²) in [6, 6.07) is 3.40. The zero-order valence-corrected chi connectivity index (χ0v) is 16.7. The predicted octanol–water partition coefficient (Wildman–Crippen LogP) is 4.49. The summed E-state index contributed by atoms with van der Waals surface area (Å²) >= 11 is 7.87. The molecule has 0 spiro atoms. The van der Waals surface area contributed by atoms with Crippen LogP contribution in [0.4, 0.5) is 9.52 Å². The standard InChI is InChI=1S/C15H14Br2FN3O2S/c1-2-23-13(22)5-10-8-24-15(20-10)21-19-7-9-3-4-12(17)11(6-16)14(9)18/h3-4,7-8H,2,5-6H2,1H3,(H,20,21). The Balaban J connectivity index is 2.00. The fraction of sp³-hybridized carbons (Fsp3) is 0.267. The number of carbonyl (C=O) groups is 1. The summed E-state index contributed by atoms with van der Waals surface area (Å²) in [5, 5.41) is 6.66. The van der Waals surface area contributed by atoms with Gasteiger partial charge in [0.15, 0.2) is 0 Å². The number of nitrogens with one attached hydrogen (secondary N) is 1. The number of alkyl halides is 1. The molecule has 24 heavy (non-hydrogen) atoms. The highest BCUT2D eigenvalue weighted by Crippen LogP contribution is 2.24. The molecule has 0 saturated heterocycles. The molecule has 2 rings (SSSR count). The number of esters is 1. The highest BCUT2D eigenvalue weighted by molar-refractivity contribution is 9.10. The summed E-state index contributed by atoms with van der Waals surface area (Å²) in [4.78, 5) is 15.6. The van der Waals surface area contributed by atoms with E-state index in [4.69, 9.17) is 4.74 Å². The van der Waals surface area contributed by atoms with Gasteiger partial charge in [0.25, 0.3) is 0 Å². The summed E-state index contributed by atoms with van der Waals surface area (Å²) in [6.07, 6.45) is 1.51. The molecule has 0 aliphatic rings. The fourth-order valence-corrected chi connectivity index (χ4v) is 3.82. The molecule has 1 aromatic heterocycles. The molecule has 1 heterocycles. The number of nitrogens with zero attached hydrogens (tertiary/aromatic N) is 2. The van der Waals surface area contributed by atoms with Crippen LogP contribution in [0.15, 0.2) is 27.1 Å². The van der Waals surface area contributed by atoms with E-state index in [9.17, 15) is 9.18 Å².